The lowest BCUT2D eigenvalue weighted by Crippen LogP contribution is -2.33. The summed E-state index contributed by atoms with van der Waals surface area (Å²) in [6.07, 6.45) is 2.50. The third kappa shape index (κ3) is 5.05. The molecule has 0 bridgehead atoms. The lowest BCUT2D eigenvalue weighted by Gasteiger charge is -2.18. The molecular weight excluding hydrogens is 361 g/mol. The van der Waals surface area contributed by atoms with Crippen molar-refractivity contribution in [2.24, 2.45) is 0 Å². The molecule has 148 valence electrons. The van der Waals surface area contributed by atoms with Crippen molar-refractivity contribution < 1.29 is 9.53 Å². The van der Waals surface area contributed by atoms with Crippen molar-refractivity contribution in [1.82, 2.24) is 4.57 Å². The van der Waals surface area contributed by atoms with Gasteiger partial charge in [0.25, 0.3) is 5.56 Å². The van der Waals surface area contributed by atoms with Crippen LogP contribution < -0.4 is 15.8 Å². The van der Waals surface area contributed by atoms with Crippen LogP contribution in [0.2, 0.25) is 0 Å². The monoisotopic (exact) mass is 387 g/mol. The van der Waals surface area contributed by atoms with Crippen molar-refractivity contribution in [2.75, 3.05) is 0 Å². The molecule has 0 fully saturated rings. The maximum atomic E-state index is 12.8. The number of aldehydes is 1. The molecular formula is C24H26BNO3. The van der Waals surface area contributed by atoms with Gasteiger partial charge >= 0.3 is 0 Å². The van der Waals surface area contributed by atoms with E-state index in [1.165, 1.54) is 5.56 Å². The summed E-state index contributed by atoms with van der Waals surface area (Å²) in [7, 11) is 2.02. The van der Waals surface area contributed by atoms with Crippen LogP contribution in [0.5, 0.6) is 5.75 Å². The number of hydrogen-bond donors (Lipinski definition) is 0. The first-order chi connectivity index (χ1) is 14.0. The molecule has 3 aromatic rings. The van der Waals surface area contributed by atoms with Crippen LogP contribution in [-0.4, -0.2) is 18.7 Å². The summed E-state index contributed by atoms with van der Waals surface area (Å²) in [5, 5.41) is 0. The standard InChI is InChI=1S/C24H26BNO3/c1-3-18-5-4-6-21(14-18)29-16-23-22(25)13-17(2)24(28)26(23)12-11-19-7-9-20(15-27)10-8-19/h4-10,13-15H,3,11-12,16,25H2,1-2H3. The maximum Gasteiger partial charge on any atom is 0.253 e. The lowest BCUT2D eigenvalue weighted by atomic mass is 9.92. The van der Waals surface area contributed by atoms with E-state index in [0.29, 0.717) is 25.1 Å². The molecule has 0 aliphatic rings. The number of carbonyl (C=O) groups excluding carboxylic acids is 1. The molecule has 1 heterocycles. The van der Waals surface area contributed by atoms with Gasteiger partial charge in [0, 0.05) is 17.7 Å². The molecule has 2 aromatic carbocycles. The second-order valence-electron chi connectivity index (χ2n) is 7.31. The quantitative estimate of drug-likeness (QED) is 0.441. The summed E-state index contributed by atoms with van der Waals surface area (Å²) in [6, 6.07) is 17.5. The molecule has 0 aliphatic carbocycles. The highest BCUT2D eigenvalue weighted by Gasteiger charge is 2.11. The lowest BCUT2D eigenvalue weighted by molar-refractivity contribution is 0.112. The van der Waals surface area contributed by atoms with Crippen LogP contribution in [0.3, 0.4) is 0 Å². The molecule has 0 radical (unpaired) electrons. The number of pyridine rings is 1. The normalized spacial score (nSPS) is 10.7. The third-order valence-electron chi connectivity index (χ3n) is 5.22. The van der Waals surface area contributed by atoms with E-state index in [2.05, 4.69) is 13.0 Å². The van der Waals surface area contributed by atoms with Gasteiger partial charge in [-0.2, -0.15) is 0 Å². The molecule has 0 N–H and O–H groups in total. The number of aromatic nitrogens is 1. The van der Waals surface area contributed by atoms with E-state index in [-0.39, 0.29) is 5.56 Å². The van der Waals surface area contributed by atoms with Gasteiger partial charge in [0.15, 0.2) is 0 Å². The Hall–Kier alpha value is -3.08. The van der Waals surface area contributed by atoms with Crippen LogP contribution in [0.1, 0.15) is 39.7 Å². The molecule has 0 saturated heterocycles. The third-order valence-corrected chi connectivity index (χ3v) is 5.22. The van der Waals surface area contributed by atoms with E-state index in [0.717, 1.165) is 40.7 Å². The minimum absolute atomic E-state index is 0.0148. The predicted molar refractivity (Wildman–Crippen MR) is 119 cm³/mol. The largest absolute Gasteiger partial charge is 0.487 e. The van der Waals surface area contributed by atoms with E-state index in [1.54, 1.807) is 12.1 Å². The van der Waals surface area contributed by atoms with Crippen molar-refractivity contribution in [3.05, 3.63) is 92.9 Å². The molecule has 3 rings (SSSR count). The number of nitrogens with zero attached hydrogens (tertiary/aromatic N) is 1. The fourth-order valence-corrected chi connectivity index (χ4v) is 3.46. The van der Waals surface area contributed by atoms with Crippen molar-refractivity contribution in [3.8, 4) is 5.75 Å². The average molecular weight is 387 g/mol. The number of benzene rings is 2. The summed E-state index contributed by atoms with van der Waals surface area (Å²) in [5.74, 6) is 0.813. The Morgan fingerprint density at radius 3 is 2.52 bits per heavy atom. The second kappa shape index (κ2) is 9.42. The number of hydrogen-bond acceptors (Lipinski definition) is 3. The molecule has 1 aromatic heterocycles. The number of aryl methyl sites for hydroxylation is 3. The molecule has 0 unspecified atom stereocenters. The van der Waals surface area contributed by atoms with E-state index in [1.807, 2.05) is 55.7 Å². The van der Waals surface area contributed by atoms with Gasteiger partial charge in [0.1, 0.15) is 26.5 Å². The smallest absolute Gasteiger partial charge is 0.253 e. The zero-order chi connectivity index (χ0) is 20.8. The topological polar surface area (TPSA) is 48.3 Å². The Labute approximate surface area is 172 Å². The van der Waals surface area contributed by atoms with Crippen molar-refractivity contribution >= 4 is 19.6 Å². The number of rotatable bonds is 8. The van der Waals surface area contributed by atoms with E-state index < -0.39 is 0 Å². The average Bonchev–Trinajstić information content (AvgIpc) is 2.75. The molecule has 4 nitrogen and oxygen atoms in total. The predicted octanol–water partition coefficient (Wildman–Crippen LogP) is 2.61. The van der Waals surface area contributed by atoms with Crippen LogP contribution >= 0.6 is 0 Å². The van der Waals surface area contributed by atoms with E-state index >= 15 is 0 Å². The van der Waals surface area contributed by atoms with Crippen LogP contribution in [0.25, 0.3) is 0 Å². The van der Waals surface area contributed by atoms with Crippen molar-refractivity contribution in [2.45, 2.75) is 39.8 Å². The number of ether oxygens (including phenoxy) is 1. The molecule has 5 heteroatoms. The minimum atomic E-state index is 0.0148. The highest BCUT2D eigenvalue weighted by Crippen LogP contribution is 2.15. The van der Waals surface area contributed by atoms with Gasteiger partial charge < -0.3 is 9.30 Å². The van der Waals surface area contributed by atoms with Crippen LogP contribution in [0.15, 0.2) is 59.4 Å². The molecule has 0 amide bonds. The first kappa shape index (κ1) is 20.7. The number of carbonyl (C=O) groups is 1. The van der Waals surface area contributed by atoms with Crippen LogP contribution in [0, 0.1) is 6.92 Å². The summed E-state index contributed by atoms with van der Waals surface area (Å²) >= 11 is 0. The summed E-state index contributed by atoms with van der Waals surface area (Å²) < 4.78 is 7.86. The van der Waals surface area contributed by atoms with Gasteiger partial charge in [-0.25, -0.2) is 0 Å². The summed E-state index contributed by atoms with van der Waals surface area (Å²) in [6.45, 7) is 4.87. The van der Waals surface area contributed by atoms with Gasteiger partial charge in [0.05, 0.1) is 5.69 Å². The summed E-state index contributed by atoms with van der Waals surface area (Å²) in [4.78, 5) is 23.7. The molecule has 0 saturated carbocycles. The van der Waals surface area contributed by atoms with Gasteiger partial charge in [-0.05, 0) is 43.0 Å². The zero-order valence-corrected chi connectivity index (χ0v) is 17.3. The molecule has 0 spiro atoms. The summed E-state index contributed by atoms with van der Waals surface area (Å²) in [5.41, 5.74) is 5.65. The van der Waals surface area contributed by atoms with Crippen LogP contribution in [0.4, 0.5) is 0 Å². The molecule has 0 atom stereocenters. The Morgan fingerprint density at radius 1 is 1.07 bits per heavy atom. The van der Waals surface area contributed by atoms with Gasteiger partial charge in [-0.1, -0.05) is 54.9 Å². The maximum absolute atomic E-state index is 12.8. The fraction of sp³-hybridized carbons (Fsp3) is 0.250. The Kier molecular flexibility index (Phi) is 6.71. The first-order valence-corrected chi connectivity index (χ1v) is 9.97. The highest BCUT2D eigenvalue weighted by molar-refractivity contribution is 6.33. The fourth-order valence-electron chi connectivity index (χ4n) is 3.46. The minimum Gasteiger partial charge on any atom is -0.487 e. The zero-order valence-electron chi connectivity index (χ0n) is 17.3. The Balaban J connectivity index is 1.83. The van der Waals surface area contributed by atoms with Crippen molar-refractivity contribution in [3.63, 3.8) is 0 Å². The van der Waals surface area contributed by atoms with Crippen molar-refractivity contribution in [1.29, 1.82) is 0 Å². The van der Waals surface area contributed by atoms with E-state index in [4.69, 9.17) is 4.74 Å². The van der Waals surface area contributed by atoms with Gasteiger partial charge in [-0.15, -0.1) is 0 Å². The van der Waals surface area contributed by atoms with Crippen LogP contribution in [-0.2, 0) is 26.0 Å². The van der Waals surface area contributed by atoms with Gasteiger partial charge in [-0.3, -0.25) is 9.59 Å². The SMILES string of the molecule is Bc1cc(C)c(=O)n(CCc2ccc(C=O)cc2)c1COc1cccc(CC)c1. The molecule has 29 heavy (non-hydrogen) atoms. The first-order valence-electron chi connectivity index (χ1n) is 9.97. The van der Waals surface area contributed by atoms with Gasteiger partial charge in [0.2, 0.25) is 0 Å². The second-order valence-corrected chi connectivity index (χ2v) is 7.31. The van der Waals surface area contributed by atoms with E-state index in [9.17, 15) is 9.59 Å². The Bertz CT molecular complexity index is 1050. The Morgan fingerprint density at radius 2 is 1.83 bits per heavy atom. The molecule has 0 aliphatic heterocycles. The highest BCUT2D eigenvalue weighted by atomic mass is 16.5.